The van der Waals surface area contributed by atoms with E-state index in [2.05, 4.69) is 19.6 Å². The van der Waals surface area contributed by atoms with Crippen LogP contribution < -0.4 is 10.5 Å². The highest BCUT2D eigenvalue weighted by Gasteiger charge is 2.31. The van der Waals surface area contributed by atoms with Crippen molar-refractivity contribution in [1.29, 1.82) is 0 Å². The maximum absolute atomic E-state index is 12.2. The molecular formula is C19H17F3N4O3. The fourth-order valence-corrected chi connectivity index (χ4v) is 2.60. The molecule has 0 amide bonds. The van der Waals surface area contributed by atoms with Crippen molar-refractivity contribution >= 4 is 5.97 Å². The van der Waals surface area contributed by atoms with E-state index in [1.807, 2.05) is 12.1 Å². The summed E-state index contributed by atoms with van der Waals surface area (Å²) in [6, 6.07) is 11.7. The van der Waals surface area contributed by atoms with E-state index in [0.29, 0.717) is 17.9 Å². The van der Waals surface area contributed by atoms with Crippen molar-refractivity contribution in [3.8, 4) is 22.8 Å². The van der Waals surface area contributed by atoms with Crippen molar-refractivity contribution in [1.82, 2.24) is 14.8 Å². The number of hydrogen-bond donors (Lipinski definition) is 1. The van der Waals surface area contributed by atoms with Gasteiger partial charge in [0.25, 0.3) is 0 Å². The van der Waals surface area contributed by atoms with Crippen molar-refractivity contribution in [2.75, 3.05) is 7.11 Å². The molecule has 0 bridgehead atoms. The second kappa shape index (κ2) is 8.31. The molecule has 3 aromatic rings. The number of methoxy groups -OCH3 is 1. The van der Waals surface area contributed by atoms with Gasteiger partial charge in [0.15, 0.2) is 5.82 Å². The Balaban J connectivity index is 1.70. The van der Waals surface area contributed by atoms with Crippen molar-refractivity contribution in [3.05, 3.63) is 60.4 Å². The average Bonchev–Trinajstić information content (AvgIpc) is 3.17. The van der Waals surface area contributed by atoms with Gasteiger partial charge in [-0.2, -0.15) is 0 Å². The number of hydrogen-bond acceptors (Lipinski definition) is 6. The molecular weight excluding hydrogens is 389 g/mol. The number of nitrogens with two attached hydrogens (primary N) is 1. The summed E-state index contributed by atoms with van der Waals surface area (Å²) in [5.74, 6) is -0.368. The summed E-state index contributed by atoms with van der Waals surface area (Å²) < 4.78 is 46.6. The van der Waals surface area contributed by atoms with Crippen molar-refractivity contribution in [2.24, 2.45) is 5.73 Å². The van der Waals surface area contributed by atoms with E-state index >= 15 is 0 Å². The molecule has 0 saturated heterocycles. The zero-order chi connectivity index (χ0) is 21.0. The first kappa shape index (κ1) is 20.3. The Kier molecular flexibility index (Phi) is 5.83. The van der Waals surface area contributed by atoms with Gasteiger partial charge in [-0.15, -0.1) is 18.3 Å². The Labute approximate surface area is 163 Å². The van der Waals surface area contributed by atoms with Crippen LogP contribution in [0.3, 0.4) is 0 Å². The minimum absolute atomic E-state index is 0.317. The van der Waals surface area contributed by atoms with E-state index in [0.717, 1.165) is 11.1 Å². The molecule has 152 valence electrons. The largest absolute Gasteiger partial charge is 0.573 e. The van der Waals surface area contributed by atoms with E-state index in [4.69, 9.17) is 5.73 Å². The summed E-state index contributed by atoms with van der Waals surface area (Å²) in [5, 5.41) is 4.33. The smallest absolute Gasteiger partial charge is 0.468 e. The molecule has 2 aromatic carbocycles. The summed E-state index contributed by atoms with van der Waals surface area (Å²) in [4.78, 5) is 15.6. The second-order valence-electron chi connectivity index (χ2n) is 6.09. The first-order valence-corrected chi connectivity index (χ1v) is 8.46. The average molecular weight is 406 g/mol. The highest BCUT2D eigenvalue weighted by molar-refractivity contribution is 5.75. The van der Waals surface area contributed by atoms with Gasteiger partial charge in [0, 0.05) is 5.56 Å². The molecule has 0 spiro atoms. The number of carbonyl (C=O) groups excluding carboxylic acids is 1. The summed E-state index contributed by atoms with van der Waals surface area (Å²) in [5.41, 5.74) is 7.86. The Morgan fingerprint density at radius 1 is 1.14 bits per heavy atom. The summed E-state index contributed by atoms with van der Waals surface area (Å²) in [6.45, 7) is 0. The number of alkyl halides is 3. The number of aromatic nitrogens is 3. The molecule has 10 heteroatoms. The van der Waals surface area contributed by atoms with Crippen molar-refractivity contribution in [3.63, 3.8) is 0 Å². The molecule has 1 aromatic heterocycles. The maximum atomic E-state index is 12.2. The van der Waals surface area contributed by atoms with Crippen LogP contribution in [0.1, 0.15) is 5.56 Å². The van der Waals surface area contributed by atoms with E-state index < -0.39 is 18.4 Å². The standard InChI is InChI=1S/C19H17F3N4O3/c1-28-18(27)16(23)10-12-2-4-13(5-3-12)17-24-11-26(25-17)14-6-8-15(9-7-14)29-19(20,21)22/h2-9,11,16H,10,23H2,1H3. The van der Waals surface area contributed by atoms with Gasteiger partial charge < -0.3 is 15.2 Å². The molecule has 0 aliphatic carbocycles. The third-order valence-electron chi connectivity index (χ3n) is 4.00. The molecule has 0 radical (unpaired) electrons. The molecule has 1 unspecified atom stereocenters. The lowest BCUT2D eigenvalue weighted by molar-refractivity contribution is -0.274. The number of esters is 1. The lowest BCUT2D eigenvalue weighted by Gasteiger charge is -2.09. The van der Waals surface area contributed by atoms with Gasteiger partial charge in [-0.05, 0) is 36.2 Å². The minimum Gasteiger partial charge on any atom is -0.468 e. The molecule has 0 aliphatic rings. The van der Waals surface area contributed by atoms with Gasteiger partial charge in [-0.3, -0.25) is 4.79 Å². The quantitative estimate of drug-likeness (QED) is 0.633. The lowest BCUT2D eigenvalue weighted by Crippen LogP contribution is -2.33. The zero-order valence-electron chi connectivity index (χ0n) is 15.3. The van der Waals surface area contributed by atoms with Crippen LogP contribution in [0.2, 0.25) is 0 Å². The number of benzene rings is 2. The van der Waals surface area contributed by atoms with E-state index in [1.54, 1.807) is 12.1 Å². The van der Waals surface area contributed by atoms with Gasteiger partial charge in [0.2, 0.25) is 0 Å². The third-order valence-corrected chi connectivity index (χ3v) is 4.00. The minimum atomic E-state index is -4.74. The third kappa shape index (κ3) is 5.32. The Morgan fingerprint density at radius 3 is 2.38 bits per heavy atom. The predicted molar refractivity (Wildman–Crippen MR) is 97.2 cm³/mol. The summed E-state index contributed by atoms with van der Waals surface area (Å²) in [6.07, 6.45) is -2.95. The van der Waals surface area contributed by atoms with E-state index in [9.17, 15) is 18.0 Å². The van der Waals surface area contributed by atoms with E-state index in [-0.39, 0.29) is 5.75 Å². The fourth-order valence-electron chi connectivity index (χ4n) is 2.60. The highest BCUT2D eigenvalue weighted by atomic mass is 19.4. The van der Waals surface area contributed by atoms with Gasteiger partial charge in [-0.25, -0.2) is 9.67 Å². The molecule has 7 nitrogen and oxygen atoms in total. The van der Waals surface area contributed by atoms with Crippen LogP contribution in [0.5, 0.6) is 5.75 Å². The molecule has 0 fully saturated rings. The van der Waals surface area contributed by atoms with Crippen LogP contribution in [-0.4, -0.2) is 40.2 Å². The van der Waals surface area contributed by atoms with Crippen LogP contribution in [0.15, 0.2) is 54.9 Å². The maximum Gasteiger partial charge on any atom is 0.573 e. The highest BCUT2D eigenvalue weighted by Crippen LogP contribution is 2.24. The molecule has 1 heterocycles. The molecule has 2 N–H and O–H groups in total. The van der Waals surface area contributed by atoms with Gasteiger partial charge in [0.1, 0.15) is 18.1 Å². The SMILES string of the molecule is COC(=O)C(N)Cc1ccc(-c2ncn(-c3ccc(OC(F)(F)F)cc3)n2)cc1. The molecule has 0 aliphatic heterocycles. The van der Waals surface area contributed by atoms with Gasteiger partial charge in [0.05, 0.1) is 12.8 Å². The Morgan fingerprint density at radius 2 is 1.79 bits per heavy atom. The van der Waals surface area contributed by atoms with Crippen LogP contribution >= 0.6 is 0 Å². The number of nitrogens with zero attached hydrogens (tertiary/aromatic N) is 3. The molecule has 0 saturated carbocycles. The molecule has 29 heavy (non-hydrogen) atoms. The summed E-state index contributed by atoms with van der Waals surface area (Å²) >= 11 is 0. The van der Waals surface area contributed by atoms with E-state index in [1.165, 1.54) is 42.4 Å². The zero-order valence-corrected chi connectivity index (χ0v) is 15.3. The van der Waals surface area contributed by atoms with Crippen LogP contribution in [0, 0.1) is 0 Å². The summed E-state index contributed by atoms with van der Waals surface area (Å²) in [7, 11) is 1.28. The fraction of sp³-hybridized carbons (Fsp3) is 0.211. The van der Waals surface area contributed by atoms with Crippen LogP contribution in [0.25, 0.3) is 17.1 Å². The first-order valence-electron chi connectivity index (χ1n) is 8.46. The van der Waals surface area contributed by atoms with Crippen LogP contribution in [-0.2, 0) is 16.0 Å². The van der Waals surface area contributed by atoms with Gasteiger partial charge in [-0.1, -0.05) is 24.3 Å². The van der Waals surface area contributed by atoms with Crippen LogP contribution in [0.4, 0.5) is 13.2 Å². The number of ether oxygens (including phenoxy) is 2. The predicted octanol–water partition coefficient (Wildman–Crippen LogP) is 2.88. The topological polar surface area (TPSA) is 92.3 Å². The lowest BCUT2D eigenvalue weighted by atomic mass is 10.0. The monoisotopic (exact) mass is 406 g/mol. The Hall–Kier alpha value is -3.40. The normalized spacial score (nSPS) is 12.4. The van der Waals surface area contributed by atoms with Gasteiger partial charge >= 0.3 is 12.3 Å². The molecule has 3 rings (SSSR count). The number of halogens is 3. The number of carbonyl (C=O) groups is 1. The number of rotatable bonds is 6. The molecule has 1 atom stereocenters. The Bertz CT molecular complexity index is 970. The van der Waals surface area contributed by atoms with Crippen molar-refractivity contribution < 1.29 is 27.4 Å². The second-order valence-corrected chi connectivity index (χ2v) is 6.09. The van der Waals surface area contributed by atoms with Crippen molar-refractivity contribution in [2.45, 2.75) is 18.8 Å². The first-order chi connectivity index (χ1) is 13.7.